The van der Waals surface area contributed by atoms with Gasteiger partial charge in [0, 0.05) is 35.7 Å². The maximum Gasteiger partial charge on any atom is 0.175 e. The fourth-order valence-electron chi connectivity index (χ4n) is 3.69. The van der Waals surface area contributed by atoms with Gasteiger partial charge < -0.3 is 20.0 Å². The van der Waals surface area contributed by atoms with E-state index in [-0.39, 0.29) is 5.41 Å². The molecule has 10 heteroatoms. The summed E-state index contributed by atoms with van der Waals surface area (Å²) in [5, 5.41) is 12.8. The lowest BCUT2D eigenvalue weighted by molar-refractivity contribution is 0.375. The number of azo groups is 1. The number of nitrogens with zero attached hydrogens (tertiary/aromatic N) is 6. The second kappa shape index (κ2) is 8.60. The number of nitrogens with two attached hydrogens (primary N) is 1. The Morgan fingerprint density at radius 3 is 2.91 bits per heavy atom. The zero-order chi connectivity index (χ0) is 23.0. The maximum atomic E-state index is 6.13. The van der Waals surface area contributed by atoms with Crippen molar-refractivity contribution in [3.63, 3.8) is 0 Å². The van der Waals surface area contributed by atoms with Gasteiger partial charge in [0.1, 0.15) is 12.1 Å². The highest BCUT2D eigenvalue weighted by atomic mass is 32.2. The number of furan rings is 1. The van der Waals surface area contributed by atoms with E-state index in [2.05, 4.69) is 56.9 Å². The summed E-state index contributed by atoms with van der Waals surface area (Å²) in [5.41, 5.74) is 10.6. The molecule has 0 aliphatic carbocycles. The number of nitrogens with one attached hydrogen (secondary N) is 1. The molecule has 4 heterocycles. The Bertz CT molecular complexity index is 1320. The minimum absolute atomic E-state index is 0.208. The van der Waals surface area contributed by atoms with Crippen LogP contribution in [-0.4, -0.2) is 32.6 Å². The first-order valence-corrected chi connectivity index (χ1v) is 11.6. The van der Waals surface area contributed by atoms with Crippen molar-refractivity contribution in [2.24, 2.45) is 15.6 Å². The van der Waals surface area contributed by atoms with Crippen LogP contribution in [0.4, 0.5) is 11.5 Å². The standard InChI is InChI=1S/C23H26N8OS/c1-23(2,3)12-25-6-7-31-21-19(20(24)26-13-27-21)29-22(31)33-18-9-14-11-28-30-16(14)10-15(18)17-5-4-8-32-17/h4-5,8-10,13,25H,6-7,11-12H2,1-3H3,(H2,24,26,27). The van der Waals surface area contributed by atoms with Crippen molar-refractivity contribution in [3.8, 4) is 11.3 Å². The zero-order valence-corrected chi connectivity index (χ0v) is 19.7. The highest BCUT2D eigenvalue weighted by molar-refractivity contribution is 7.99. The predicted molar refractivity (Wildman–Crippen MR) is 129 cm³/mol. The summed E-state index contributed by atoms with van der Waals surface area (Å²) in [6, 6.07) is 7.97. The van der Waals surface area contributed by atoms with E-state index < -0.39 is 0 Å². The lowest BCUT2D eigenvalue weighted by Gasteiger charge is -2.19. The largest absolute Gasteiger partial charge is 0.464 e. The summed E-state index contributed by atoms with van der Waals surface area (Å²) in [7, 11) is 0. The predicted octanol–water partition coefficient (Wildman–Crippen LogP) is 5.05. The molecule has 5 rings (SSSR count). The average molecular weight is 463 g/mol. The highest BCUT2D eigenvalue weighted by Gasteiger charge is 2.21. The molecule has 0 bridgehead atoms. The van der Waals surface area contributed by atoms with Crippen molar-refractivity contribution in [2.75, 3.05) is 18.8 Å². The zero-order valence-electron chi connectivity index (χ0n) is 18.9. The van der Waals surface area contributed by atoms with Gasteiger partial charge in [0.05, 0.1) is 18.5 Å². The molecular formula is C23H26N8OS. The van der Waals surface area contributed by atoms with E-state index in [1.165, 1.54) is 6.33 Å². The molecule has 1 aromatic carbocycles. The van der Waals surface area contributed by atoms with Gasteiger partial charge in [0.25, 0.3) is 0 Å². The van der Waals surface area contributed by atoms with Crippen LogP contribution in [0.25, 0.3) is 22.5 Å². The monoisotopic (exact) mass is 462 g/mol. The van der Waals surface area contributed by atoms with E-state index in [1.807, 2.05) is 18.2 Å². The number of imidazole rings is 1. The lowest BCUT2D eigenvalue weighted by atomic mass is 9.97. The average Bonchev–Trinajstić information content (AvgIpc) is 3.51. The second-order valence-electron chi connectivity index (χ2n) is 9.17. The normalized spacial score (nSPS) is 13.2. The molecule has 170 valence electrons. The highest BCUT2D eigenvalue weighted by Crippen LogP contribution is 2.42. The Balaban J connectivity index is 1.52. The van der Waals surface area contributed by atoms with Crippen molar-refractivity contribution < 1.29 is 4.42 Å². The number of rotatable bonds is 7. The number of anilines is 1. The molecule has 4 aromatic rings. The summed E-state index contributed by atoms with van der Waals surface area (Å²) < 4.78 is 7.81. The minimum Gasteiger partial charge on any atom is -0.464 e. The van der Waals surface area contributed by atoms with Crippen molar-refractivity contribution >= 4 is 34.4 Å². The van der Waals surface area contributed by atoms with E-state index in [4.69, 9.17) is 15.1 Å². The SMILES string of the molecule is CC(C)(C)CNCCn1c(Sc2cc3c(cc2-c2ccco2)N=NC3)nc2c(N)ncnc21. The Morgan fingerprint density at radius 2 is 2.12 bits per heavy atom. The summed E-state index contributed by atoms with van der Waals surface area (Å²) in [4.78, 5) is 14.4. The maximum absolute atomic E-state index is 6.13. The van der Waals surface area contributed by atoms with Crippen molar-refractivity contribution in [1.29, 1.82) is 0 Å². The number of benzene rings is 1. The quantitative estimate of drug-likeness (QED) is 0.369. The minimum atomic E-state index is 0.208. The first-order valence-electron chi connectivity index (χ1n) is 10.8. The van der Waals surface area contributed by atoms with E-state index in [1.54, 1.807) is 18.0 Å². The van der Waals surface area contributed by atoms with Crippen LogP contribution in [0.1, 0.15) is 26.3 Å². The van der Waals surface area contributed by atoms with Gasteiger partial charge in [-0.1, -0.05) is 32.5 Å². The van der Waals surface area contributed by atoms with Crippen molar-refractivity contribution in [2.45, 2.75) is 43.9 Å². The fourth-order valence-corrected chi connectivity index (χ4v) is 4.79. The number of fused-ring (bicyclic) bond motifs is 2. The van der Waals surface area contributed by atoms with Crippen LogP contribution in [0, 0.1) is 5.41 Å². The fraction of sp³-hybridized carbons (Fsp3) is 0.348. The molecule has 0 amide bonds. The summed E-state index contributed by atoms with van der Waals surface area (Å²) in [6.45, 7) is 9.62. The Labute approximate surface area is 195 Å². The third-order valence-corrected chi connectivity index (χ3v) is 6.33. The molecule has 0 spiro atoms. The van der Waals surface area contributed by atoms with Crippen LogP contribution < -0.4 is 11.1 Å². The number of hydrogen-bond acceptors (Lipinski definition) is 9. The molecule has 1 aliphatic heterocycles. The van der Waals surface area contributed by atoms with Gasteiger partial charge in [0.15, 0.2) is 22.1 Å². The van der Waals surface area contributed by atoms with Gasteiger partial charge in [-0.15, -0.1) is 0 Å². The Kier molecular flexibility index (Phi) is 5.63. The summed E-state index contributed by atoms with van der Waals surface area (Å²) >= 11 is 1.56. The van der Waals surface area contributed by atoms with Crippen LogP contribution in [0.15, 0.2) is 61.6 Å². The van der Waals surface area contributed by atoms with Gasteiger partial charge in [-0.3, -0.25) is 0 Å². The molecule has 3 N–H and O–H groups in total. The number of nitrogen functional groups attached to an aromatic ring is 1. The third kappa shape index (κ3) is 4.49. The Hall–Kier alpha value is -3.24. The van der Waals surface area contributed by atoms with E-state index in [9.17, 15) is 0 Å². The molecule has 33 heavy (non-hydrogen) atoms. The van der Waals surface area contributed by atoms with Crippen LogP contribution in [0.3, 0.4) is 0 Å². The molecule has 0 unspecified atom stereocenters. The summed E-state index contributed by atoms with van der Waals surface area (Å²) in [6.07, 6.45) is 3.16. The summed E-state index contributed by atoms with van der Waals surface area (Å²) in [5.74, 6) is 1.15. The molecule has 0 radical (unpaired) electrons. The molecule has 0 atom stereocenters. The van der Waals surface area contributed by atoms with Crippen LogP contribution in [0.5, 0.6) is 0 Å². The van der Waals surface area contributed by atoms with E-state index in [0.717, 1.165) is 51.4 Å². The Morgan fingerprint density at radius 1 is 1.24 bits per heavy atom. The molecular weight excluding hydrogens is 436 g/mol. The third-order valence-electron chi connectivity index (χ3n) is 5.28. The van der Waals surface area contributed by atoms with Crippen molar-refractivity contribution in [1.82, 2.24) is 24.8 Å². The first kappa shape index (κ1) is 21.6. The topological polar surface area (TPSA) is 120 Å². The van der Waals surface area contributed by atoms with Gasteiger partial charge in [-0.05, 0) is 29.7 Å². The van der Waals surface area contributed by atoms with Crippen LogP contribution >= 0.6 is 11.8 Å². The van der Waals surface area contributed by atoms with E-state index in [0.29, 0.717) is 24.4 Å². The molecule has 9 nitrogen and oxygen atoms in total. The van der Waals surface area contributed by atoms with Gasteiger partial charge in [-0.2, -0.15) is 10.2 Å². The van der Waals surface area contributed by atoms with Crippen molar-refractivity contribution in [3.05, 3.63) is 42.4 Å². The molecule has 1 aliphatic rings. The lowest BCUT2D eigenvalue weighted by Crippen LogP contribution is -2.29. The molecule has 0 fully saturated rings. The second-order valence-corrected chi connectivity index (χ2v) is 10.2. The number of aromatic nitrogens is 4. The van der Waals surface area contributed by atoms with Gasteiger partial charge in [0.2, 0.25) is 0 Å². The van der Waals surface area contributed by atoms with Crippen LogP contribution in [-0.2, 0) is 13.1 Å². The first-order chi connectivity index (χ1) is 15.9. The van der Waals surface area contributed by atoms with Gasteiger partial charge in [-0.25, -0.2) is 15.0 Å². The van der Waals surface area contributed by atoms with Crippen LogP contribution in [0.2, 0.25) is 0 Å². The molecule has 0 saturated carbocycles. The molecule has 3 aromatic heterocycles. The van der Waals surface area contributed by atoms with E-state index >= 15 is 0 Å². The van der Waals surface area contributed by atoms with Gasteiger partial charge >= 0.3 is 0 Å². The number of hydrogen-bond donors (Lipinski definition) is 2. The molecule has 0 saturated heterocycles. The smallest absolute Gasteiger partial charge is 0.175 e.